The number of anilines is 1. The van der Waals surface area contributed by atoms with Crippen molar-refractivity contribution in [2.75, 3.05) is 18.4 Å². The lowest BCUT2D eigenvalue weighted by Gasteiger charge is -2.09. The maximum absolute atomic E-state index is 11.6. The van der Waals surface area contributed by atoms with Crippen molar-refractivity contribution in [1.29, 1.82) is 0 Å². The fourth-order valence-corrected chi connectivity index (χ4v) is 1.92. The Balaban J connectivity index is 2.25. The van der Waals surface area contributed by atoms with Gasteiger partial charge in [0.05, 0.1) is 6.54 Å². The normalized spacial score (nSPS) is 10.6. The minimum atomic E-state index is 0.0562. The Morgan fingerprint density at radius 1 is 1.20 bits per heavy atom. The third-order valence-corrected chi connectivity index (χ3v) is 3.27. The highest BCUT2D eigenvalue weighted by Gasteiger charge is 2.01. The summed E-state index contributed by atoms with van der Waals surface area (Å²) < 4.78 is 0. The molecule has 0 radical (unpaired) electrons. The number of amides is 1. The third kappa shape index (κ3) is 7.17. The highest BCUT2D eigenvalue weighted by Crippen LogP contribution is 2.11. The summed E-state index contributed by atoms with van der Waals surface area (Å²) in [5, 5.41) is 6.08. The van der Waals surface area contributed by atoms with Crippen LogP contribution < -0.4 is 10.6 Å². The number of nitrogens with one attached hydrogen (secondary N) is 2. The van der Waals surface area contributed by atoms with Gasteiger partial charge in [-0.3, -0.25) is 4.79 Å². The number of aryl methyl sites for hydroxylation is 1. The molecule has 0 heterocycles. The predicted molar refractivity (Wildman–Crippen MR) is 86.0 cm³/mol. The molecule has 0 spiro atoms. The van der Waals surface area contributed by atoms with Crippen molar-refractivity contribution in [3.05, 3.63) is 29.8 Å². The van der Waals surface area contributed by atoms with Gasteiger partial charge in [-0.2, -0.15) is 0 Å². The van der Waals surface area contributed by atoms with Gasteiger partial charge in [-0.05, 0) is 42.9 Å². The molecule has 0 saturated heterocycles. The van der Waals surface area contributed by atoms with Gasteiger partial charge < -0.3 is 10.6 Å². The second kappa shape index (κ2) is 9.40. The minimum Gasteiger partial charge on any atom is -0.376 e. The Hall–Kier alpha value is -1.51. The summed E-state index contributed by atoms with van der Waals surface area (Å²) in [7, 11) is 0. The molecule has 0 saturated carbocycles. The zero-order valence-electron chi connectivity index (χ0n) is 13.0. The molecule has 1 amide bonds. The second-order valence-electron chi connectivity index (χ2n) is 5.69. The van der Waals surface area contributed by atoms with Gasteiger partial charge in [0.2, 0.25) is 5.91 Å². The Kier molecular flexibility index (Phi) is 7.78. The average Bonchev–Trinajstić information content (AvgIpc) is 2.43. The van der Waals surface area contributed by atoms with Crippen LogP contribution in [0.15, 0.2) is 24.3 Å². The fraction of sp³-hybridized carbons (Fsp3) is 0.588. The van der Waals surface area contributed by atoms with Crippen molar-refractivity contribution in [2.45, 2.75) is 46.5 Å². The summed E-state index contributed by atoms with van der Waals surface area (Å²) in [5.41, 5.74) is 2.36. The number of carbonyl (C=O) groups is 1. The van der Waals surface area contributed by atoms with Gasteiger partial charge in [0.15, 0.2) is 0 Å². The van der Waals surface area contributed by atoms with Crippen LogP contribution >= 0.6 is 0 Å². The van der Waals surface area contributed by atoms with E-state index in [1.807, 2.05) is 12.1 Å². The summed E-state index contributed by atoms with van der Waals surface area (Å²) in [4.78, 5) is 11.6. The number of unbranched alkanes of at least 4 members (excludes halogenated alkanes) is 1. The van der Waals surface area contributed by atoms with Crippen molar-refractivity contribution in [3.63, 3.8) is 0 Å². The van der Waals surface area contributed by atoms with E-state index >= 15 is 0 Å². The van der Waals surface area contributed by atoms with E-state index in [1.54, 1.807) is 0 Å². The van der Waals surface area contributed by atoms with E-state index in [0.29, 0.717) is 12.5 Å². The quantitative estimate of drug-likeness (QED) is 0.723. The van der Waals surface area contributed by atoms with Crippen LogP contribution in [0, 0.1) is 5.92 Å². The molecule has 1 aromatic carbocycles. The smallest absolute Gasteiger partial charge is 0.239 e. The van der Waals surface area contributed by atoms with E-state index in [0.717, 1.165) is 25.1 Å². The van der Waals surface area contributed by atoms with Crippen LogP contribution in [0.1, 0.15) is 45.6 Å². The number of carbonyl (C=O) groups excluding carboxylic acids is 1. The van der Waals surface area contributed by atoms with Gasteiger partial charge in [0.25, 0.3) is 0 Å². The van der Waals surface area contributed by atoms with Crippen molar-refractivity contribution >= 4 is 11.6 Å². The van der Waals surface area contributed by atoms with E-state index in [2.05, 4.69) is 43.5 Å². The van der Waals surface area contributed by atoms with E-state index in [1.165, 1.54) is 18.4 Å². The Bertz CT molecular complexity index is 384. The van der Waals surface area contributed by atoms with E-state index in [-0.39, 0.29) is 5.91 Å². The molecule has 0 aliphatic carbocycles. The molecular weight excluding hydrogens is 248 g/mol. The van der Waals surface area contributed by atoms with Gasteiger partial charge >= 0.3 is 0 Å². The molecule has 20 heavy (non-hydrogen) atoms. The van der Waals surface area contributed by atoms with E-state index in [4.69, 9.17) is 0 Å². The molecule has 0 fully saturated rings. The predicted octanol–water partition coefficient (Wildman–Crippen LogP) is 3.60. The topological polar surface area (TPSA) is 41.1 Å². The van der Waals surface area contributed by atoms with E-state index < -0.39 is 0 Å². The lowest BCUT2D eigenvalue weighted by atomic mass is 10.1. The number of hydrogen-bond donors (Lipinski definition) is 2. The summed E-state index contributed by atoms with van der Waals surface area (Å²) in [6.07, 6.45) is 4.60. The maximum atomic E-state index is 11.6. The maximum Gasteiger partial charge on any atom is 0.239 e. The molecular formula is C17H28N2O. The van der Waals surface area contributed by atoms with Crippen LogP contribution in [0.2, 0.25) is 0 Å². The summed E-state index contributed by atoms with van der Waals surface area (Å²) in [5.74, 6) is 0.680. The average molecular weight is 276 g/mol. The van der Waals surface area contributed by atoms with Crippen LogP contribution in [0.3, 0.4) is 0 Å². The molecule has 1 rings (SSSR count). The van der Waals surface area contributed by atoms with Crippen molar-refractivity contribution < 1.29 is 4.79 Å². The van der Waals surface area contributed by atoms with Gasteiger partial charge in [-0.15, -0.1) is 0 Å². The standard InChI is InChI=1S/C17H28N2O/c1-4-5-6-15-7-9-16(10-8-15)19-13-17(20)18-12-11-14(2)3/h7-10,14,19H,4-6,11-13H2,1-3H3,(H,18,20). The molecule has 0 atom stereocenters. The van der Waals surface area contributed by atoms with E-state index in [9.17, 15) is 4.79 Å². The number of rotatable bonds is 9. The fourth-order valence-electron chi connectivity index (χ4n) is 1.92. The lowest BCUT2D eigenvalue weighted by Crippen LogP contribution is -2.31. The second-order valence-corrected chi connectivity index (χ2v) is 5.69. The SMILES string of the molecule is CCCCc1ccc(NCC(=O)NCCC(C)C)cc1. The minimum absolute atomic E-state index is 0.0562. The van der Waals surface area contributed by atoms with Gasteiger partial charge in [0, 0.05) is 12.2 Å². The lowest BCUT2D eigenvalue weighted by molar-refractivity contribution is -0.119. The monoisotopic (exact) mass is 276 g/mol. The summed E-state index contributed by atoms with van der Waals surface area (Å²) in [6, 6.07) is 8.36. The molecule has 112 valence electrons. The summed E-state index contributed by atoms with van der Waals surface area (Å²) in [6.45, 7) is 7.61. The summed E-state index contributed by atoms with van der Waals surface area (Å²) >= 11 is 0. The Morgan fingerprint density at radius 2 is 1.90 bits per heavy atom. The zero-order chi connectivity index (χ0) is 14.8. The van der Waals surface area contributed by atoms with Crippen LogP contribution in [0.4, 0.5) is 5.69 Å². The van der Waals surface area contributed by atoms with Crippen LogP contribution in [-0.4, -0.2) is 19.0 Å². The molecule has 0 bridgehead atoms. The molecule has 3 nitrogen and oxygen atoms in total. The third-order valence-electron chi connectivity index (χ3n) is 3.27. The van der Waals surface area contributed by atoms with Crippen molar-refractivity contribution in [1.82, 2.24) is 5.32 Å². The first-order valence-electron chi connectivity index (χ1n) is 7.71. The van der Waals surface area contributed by atoms with Crippen LogP contribution in [0.25, 0.3) is 0 Å². The molecule has 0 aliphatic rings. The highest BCUT2D eigenvalue weighted by molar-refractivity contribution is 5.80. The van der Waals surface area contributed by atoms with Crippen LogP contribution in [0.5, 0.6) is 0 Å². The van der Waals surface area contributed by atoms with Crippen molar-refractivity contribution in [3.8, 4) is 0 Å². The van der Waals surface area contributed by atoms with Gasteiger partial charge in [-0.25, -0.2) is 0 Å². The zero-order valence-corrected chi connectivity index (χ0v) is 13.0. The largest absolute Gasteiger partial charge is 0.376 e. The van der Waals surface area contributed by atoms with Crippen LogP contribution in [-0.2, 0) is 11.2 Å². The van der Waals surface area contributed by atoms with Gasteiger partial charge in [-0.1, -0.05) is 39.3 Å². The highest BCUT2D eigenvalue weighted by atomic mass is 16.1. The molecule has 0 aromatic heterocycles. The first kappa shape index (κ1) is 16.5. The number of hydrogen-bond acceptors (Lipinski definition) is 2. The molecule has 0 unspecified atom stereocenters. The molecule has 2 N–H and O–H groups in total. The number of benzene rings is 1. The molecule has 3 heteroatoms. The molecule has 0 aliphatic heterocycles. The first-order chi connectivity index (χ1) is 9.61. The Morgan fingerprint density at radius 3 is 2.50 bits per heavy atom. The van der Waals surface area contributed by atoms with Crippen molar-refractivity contribution in [2.24, 2.45) is 5.92 Å². The Labute approximate surface area is 123 Å². The first-order valence-corrected chi connectivity index (χ1v) is 7.71. The van der Waals surface area contributed by atoms with Gasteiger partial charge in [0.1, 0.15) is 0 Å². The molecule has 1 aromatic rings.